The Kier molecular flexibility index (Phi) is 7.38. The van der Waals surface area contributed by atoms with Crippen molar-refractivity contribution in [2.45, 2.75) is 37.8 Å². The first-order chi connectivity index (χ1) is 15.6. The van der Waals surface area contributed by atoms with E-state index >= 15 is 0 Å². The molecular formula is C25H31N3O5. The van der Waals surface area contributed by atoms with E-state index in [9.17, 15) is 19.5 Å². The molecule has 0 aromatic heterocycles. The third-order valence-electron chi connectivity index (χ3n) is 5.79. The van der Waals surface area contributed by atoms with Crippen LogP contribution in [-0.2, 0) is 14.3 Å². The molecule has 0 spiro atoms. The molecule has 0 radical (unpaired) electrons. The second kappa shape index (κ2) is 10.0. The van der Waals surface area contributed by atoms with E-state index in [1.165, 1.54) is 13.8 Å². The zero-order valence-corrected chi connectivity index (χ0v) is 19.4. The first kappa shape index (κ1) is 24.3. The number of hydrogen-bond donors (Lipinski definition) is 3. The normalized spacial score (nSPS) is 13.7. The van der Waals surface area contributed by atoms with E-state index in [1.54, 1.807) is 0 Å². The summed E-state index contributed by atoms with van der Waals surface area (Å²) >= 11 is 0. The minimum Gasteiger partial charge on any atom is -0.480 e. The van der Waals surface area contributed by atoms with E-state index < -0.39 is 29.6 Å². The van der Waals surface area contributed by atoms with E-state index in [0.29, 0.717) is 13.0 Å². The zero-order chi connectivity index (χ0) is 24.2. The number of nitrogens with one attached hydrogen (secondary N) is 2. The fourth-order valence-corrected chi connectivity index (χ4v) is 3.89. The van der Waals surface area contributed by atoms with Gasteiger partial charge in [-0.15, -0.1) is 0 Å². The number of carboxylic acids is 1. The first-order valence-corrected chi connectivity index (χ1v) is 10.9. The number of carbonyl (C=O) groups excluding carboxylic acids is 2. The van der Waals surface area contributed by atoms with Crippen LogP contribution in [0.15, 0.2) is 48.5 Å². The van der Waals surface area contributed by atoms with Gasteiger partial charge in [-0.3, -0.25) is 4.79 Å². The third kappa shape index (κ3) is 5.70. The van der Waals surface area contributed by atoms with Crippen LogP contribution in [0.25, 0.3) is 11.1 Å². The van der Waals surface area contributed by atoms with Crippen molar-refractivity contribution in [3.8, 4) is 11.1 Å². The maximum atomic E-state index is 12.7. The van der Waals surface area contributed by atoms with Crippen LogP contribution in [-0.4, -0.2) is 66.8 Å². The van der Waals surface area contributed by atoms with Gasteiger partial charge >= 0.3 is 12.1 Å². The molecule has 1 aliphatic rings. The van der Waals surface area contributed by atoms with E-state index in [-0.39, 0.29) is 12.5 Å². The van der Waals surface area contributed by atoms with Gasteiger partial charge in [0.15, 0.2) is 0 Å². The van der Waals surface area contributed by atoms with Crippen molar-refractivity contribution < 1.29 is 24.2 Å². The topological polar surface area (TPSA) is 108 Å². The van der Waals surface area contributed by atoms with Crippen LogP contribution in [0.2, 0.25) is 0 Å². The third-order valence-corrected chi connectivity index (χ3v) is 5.79. The van der Waals surface area contributed by atoms with E-state index in [1.807, 2.05) is 55.4 Å². The minimum atomic E-state index is -1.46. The molecule has 176 valence electrons. The van der Waals surface area contributed by atoms with Crippen molar-refractivity contribution in [2.75, 3.05) is 27.2 Å². The second-order valence-electron chi connectivity index (χ2n) is 9.03. The van der Waals surface area contributed by atoms with Crippen LogP contribution in [0, 0.1) is 0 Å². The minimum absolute atomic E-state index is 0.0943. The van der Waals surface area contributed by atoms with Gasteiger partial charge < -0.3 is 25.4 Å². The van der Waals surface area contributed by atoms with Crippen LogP contribution in [0.4, 0.5) is 4.79 Å². The molecule has 0 heterocycles. The van der Waals surface area contributed by atoms with Crippen LogP contribution >= 0.6 is 0 Å². The number of carbonyl (C=O) groups is 3. The molecule has 2 amide bonds. The lowest BCUT2D eigenvalue weighted by atomic mass is 9.98. The van der Waals surface area contributed by atoms with Crippen molar-refractivity contribution in [3.05, 3.63) is 59.7 Å². The summed E-state index contributed by atoms with van der Waals surface area (Å²) < 4.78 is 5.54. The summed E-state index contributed by atoms with van der Waals surface area (Å²) in [4.78, 5) is 38.6. The number of nitrogens with zero attached hydrogens (tertiary/aromatic N) is 1. The smallest absolute Gasteiger partial charge is 0.407 e. The highest BCUT2D eigenvalue weighted by Crippen LogP contribution is 2.44. The average molecular weight is 454 g/mol. The monoisotopic (exact) mass is 453 g/mol. The molecule has 0 saturated heterocycles. The standard InChI is InChI=1S/C25H31N3O5/c1-25(2,23(30)31)27-22(29)21(13-14-28(3)4)26-24(32)33-15-20-18-11-7-5-9-16(18)17-10-6-8-12-19(17)20/h5-12,20-21H,13-15H2,1-4H3,(H,26,32)(H,27,29)(H,30,31). The molecule has 3 rings (SSSR count). The molecule has 33 heavy (non-hydrogen) atoms. The molecule has 8 nitrogen and oxygen atoms in total. The van der Waals surface area contributed by atoms with Gasteiger partial charge in [0.05, 0.1) is 0 Å². The number of amides is 2. The van der Waals surface area contributed by atoms with Crippen molar-refractivity contribution in [3.63, 3.8) is 0 Å². The van der Waals surface area contributed by atoms with Gasteiger partial charge in [0.2, 0.25) is 5.91 Å². The lowest BCUT2D eigenvalue weighted by Crippen LogP contribution is -2.56. The van der Waals surface area contributed by atoms with Crippen molar-refractivity contribution in [1.82, 2.24) is 15.5 Å². The van der Waals surface area contributed by atoms with Gasteiger partial charge in [0.25, 0.3) is 0 Å². The summed E-state index contributed by atoms with van der Waals surface area (Å²) in [6, 6.07) is 15.1. The number of benzene rings is 2. The molecule has 0 saturated carbocycles. The van der Waals surface area contributed by atoms with E-state index in [2.05, 4.69) is 22.8 Å². The van der Waals surface area contributed by atoms with Crippen LogP contribution < -0.4 is 10.6 Å². The highest BCUT2D eigenvalue weighted by molar-refractivity contribution is 5.90. The molecule has 2 aromatic rings. The quantitative estimate of drug-likeness (QED) is 0.539. The Labute approximate surface area is 193 Å². The predicted molar refractivity (Wildman–Crippen MR) is 125 cm³/mol. The lowest BCUT2D eigenvalue weighted by molar-refractivity contribution is -0.146. The van der Waals surface area contributed by atoms with E-state index in [4.69, 9.17) is 4.74 Å². The van der Waals surface area contributed by atoms with Crippen molar-refractivity contribution in [2.24, 2.45) is 0 Å². The predicted octanol–water partition coefficient (Wildman–Crippen LogP) is 2.82. The van der Waals surface area contributed by atoms with Crippen molar-refractivity contribution >= 4 is 18.0 Å². The summed E-state index contributed by atoms with van der Waals surface area (Å²) in [7, 11) is 3.70. The Balaban J connectivity index is 1.68. The second-order valence-corrected chi connectivity index (χ2v) is 9.03. The fraction of sp³-hybridized carbons (Fsp3) is 0.400. The number of fused-ring (bicyclic) bond motifs is 3. The van der Waals surface area contributed by atoms with Gasteiger partial charge in [-0.25, -0.2) is 9.59 Å². The Bertz CT molecular complexity index is 989. The molecular weight excluding hydrogens is 422 g/mol. The number of aliphatic carboxylic acids is 1. The summed E-state index contributed by atoms with van der Waals surface area (Å²) in [6.07, 6.45) is -0.414. The summed E-state index contributed by atoms with van der Waals surface area (Å²) in [5.74, 6) is -1.83. The van der Waals surface area contributed by atoms with Crippen LogP contribution in [0.5, 0.6) is 0 Å². The largest absolute Gasteiger partial charge is 0.480 e. The maximum absolute atomic E-state index is 12.7. The SMILES string of the molecule is CN(C)CCC(NC(=O)OCC1c2ccccc2-c2ccccc21)C(=O)NC(C)(C)C(=O)O. The molecule has 2 aromatic carbocycles. The zero-order valence-electron chi connectivity index (χ0n) is 19.4. The van der Waals surface area contributed by atoms with E-state index in [0.717, 1.165) is 22.3 Å². The molecule has 1 unspecified atom stereocenters. The van der Waals surface area contributed by atoms with Crippen molar-refractivity contribution in [1.29, 1.82) is 0 Å². The first-order valence-electron chi connectivity index (χ1n) is 10.9. The average Bonchev–Trinajstić information content (AvgIpc) is 3.08. The molecule has 1 aliphatic carbocycles. The van der Waals surface area contributed by atoms with Gasteiger partial charge in [-0.2, -0.15) is 0 Å². The molecule has 3 N–H and O–H groups in total. The number of alkyl carbamates (subject to hydrolysis) is 1. The number of ether oxygens (including phenoxy) is 1. The van der Waals surface area contributed by atoms with Gasteiger partial charge in [0.1, 0.15) is 18.2 Å². The summed E-state index contributed by atoms with van der Waals surface area (Å²) in [5, 5.41) is 14.4. The number of carboxylic acid groups (broad SMARTS) is 1. The maximum Gasteiger partial charge on any atom is 0.407 e. The van der Waals surface area contributed by atoms with Gasteiger partial charge in [0, 0.05) is 5.92 Å². The summed E-state index contributed by atoms with van der Waals surface area (Å²) in [6.45, 7) is 3.44. The Hall–Kier alpha value is -3.39. The van der Waals surface area contributed by atoms with Crippen LogP contribution in [0.1, 0.15) is 37.3 Å². The number of hydrogen-bond acceptors (Lipinski definition) is 5. The fourth-order valence-electron chi connectivity index (χ4n) is 3.89. The van der Waals surface area contributed by atoms with Crippen LogP contribution in [0.3, 0.4) is 0 Å². The molecule has 8 heteroatoms. The lowest BCUT2D eigenvalue weighted by Gasteiger charge is -2.26. The highest BCUT2D eigenvalue weighted by Gasteiger charge is 2.33. The Morgan fingerprint density at radius 1 is 1.03 bits per heavy atom. The molecule has 1 atom stereocenters. The highest BCUT2D eigenvalue weighted by atomic mass is 16.5. The Morgan fingerprint density at radius 3 is 2.09 bits per heavy atom. The van der Waals surface area contributed by atoms with Gasteiger partial charge in [-0.1, -0.05) is 48.5 Å². The molecule has 0 bridgehead atoms. The number of rotatable bonds is 9. The molecule has 0 aliphatic heterocycles. The molecule has 0 fully saturated rings. The summed E-state index contributed by atoms with van der Waals surface area (Å²) in [5.41, 5.74) is 2.98. The Morgan fingerprint density at radius 2 is 1.58 bits per heavy atom. The van der Waals surface area contributed by atoms with Gasteiger partial charge in [-0.05, 0) is 63.2 Å².